The van der Waals surface area contributed by atoms with Gasteiger partial charge in [0.05, 0.1) is 0 Å². The first kappa shape index (κ1) is 22.6. The first-order chi connectivity index (χ1) is 11.6. The lowest BCUT2D eigenvalue weighted by atomic mass is 10.2. The second-order valence-electron chi connectivity index (χ2n) is 5.77. The van der Waals surface area contributed by atoms with E-state index in [2.05, 4.69) is 43.1 Å². The van der Waals surface area contributed by atoms with Crippen LogP contribution in [0.2, 0.25) is 0 Å². The van der Waals surface area contributed by atoms with Crippen LogP contribution in [0.15, 0.2) is 33.7 Å². The SMILES string of the molecule is CN=C(NCCNC(=O)c1ccc(Br)cc1)NC1CCC(SC)C1.I. The molecule has 8 heteroatoms. The van der Waals surface area contributed by atoms with E-state index in [0.717, 1.165) is 15.7 Å². The third-order valence-electron chi connectivity index (χ3n) is 4.09. The van der Waals surface area contributed by atoms with Gasteiger partial charge in [0, 0.05) is 41.5 Å². The van der Waals surface area contributed by atoms with E-state index in [1.165, 1.54) is 19.3 Å². The Morgan fingerprint density at radius 3 is 2.52 bits per heavy atom. The van der Waals surface area contributed by atoms with Crippen LogP contribution in [0.25, 0.3) is 0 Å². The third-order valence-corrected chi connectivity index (χ3v) is 5.72. The van der Waals surface area contributed by atoms with Crippen LogP contribution in [0.3, 0.4) is 0 Å². The molecule has 2 unspecified atom stereocenters. The molecule has 1 saturated carbocycles. The molecular weight excluding hydrogens is 515 g/mol. The van der Waals surface area contributed by atoms with E-state index in [0.29, 0.717) is 24.7 Å². The van der Waals surface area contributed by atoms with Gasteiger partial charge in [0.15, 0.2) is 5.96 Å². The van der Waals surface area contributed by atoms with Gasteiger partial charge >= 0.3 is 0 Å². The number of carbonyl (C=O) groups excluding carboxylic acids is 1. The molecule has 25 heavy (non-hydrogen) atoms. The number of hydrogen-bond donors (Lipinski definition) is 3. The smallest absolute Gasteiger partial charge is 0.251 e. The highest BCUT2D eigenvalue weighted by Gasteiger charge is 2.24. The summed E-state index contributed by atoms with van der Waals surface area (Å²) < 4.78 is 0.964. The Morgan fingerprint density at radius 2 is 1.92 bits per heavy atom. The van der Waals surface area contributed by atoms with Gasteiger partial charge in [-0.2, -0.15) is 11.8 Å². The second-order valence-corrected chi connectivity index (χ2v) is 7.83. The molecular formula is C17H26BrIN4OS. The summed E-state index contributed by atoms with van der Waals surface area (Å²) in [6.07, 6.45) is 5.81. The Balaban J connectivity index is 0.00000312. The van der Waals surface area contributed by atoms with Crippen LogP contribution in [0, 0.1) is 0 Å². The number of thioether (sulfide) groups is 1. The van der Waals surface area contributed by atoms with Gasteiger partial charge in [-0.15, -0.1) is 24.0 Å². The number of guanidine groups is 1. The Bertz CT molecular complexity index is 570. The molecule has 0 aromatic heterocycles. The molecule has 0 saturated heterocycles. The van der Waals surface area contributed by atoms with Crippen LogP contribution in [-0.4, -0.2) is 49.6 Å². The van der Waals surface area contributed by atoms with Gasteiger partial charge in [0.2, 0.25) is 0 Å². The minimum Gasteiger partial charge on any atom is -0.355 e. The van der Waals surface area contributed by atoms with Crippen molar-refractivity contribution in [2.24, 2.45) is 4.99 Å². The molecule has 140 valence electrons. The van der Waals surface area contributed by atoms with E-state index < -0.39 is 0 Å². The molecule has 3 N–H and O–H groups in total. The number of nitrogens with zero attached hydrogens (tertiary/aromatic N) is 1. The average molecular weight is 541 g/mol. The standard InChI is InChI=1S/C17H25BrN4OS.HI/c1-19-17(22-14-7-8-15(11-14)24-2)21-10-9-20-16(23)12-3-5-13(18)6-4-12;/h3-6,14-15H,7-11H2,1-2H3,(H,20,23)(H2,19,21,22);1H. The Morgan fingerprint density at radius 1 is 1.24 bits per heavy atom. The first-order valence-electron chi connectivity index (χ1n) is 8.16. The number of amides is 1. The van der Waals surface area contributed by atoms with Crippen LogP contribution in [0.4, 0.5) is 0 Å². The zero-order chi connectivity index (χ0) is 17.4. The summed E-state index contributed by atoms with van der Waals surface area (Å²) in [5, 5.41) is 10.4. The third kappa shape index (κ3) is 7.74. The summed E-state index contributed by atoms with van der Waals surface area (Å²) in [5.74, 6) is 0.741. The normalized spacial score (nSPS) is 19.9. The van der Waals surface area contributed by atoms with Crippen molar-refractivity contribution >= 4 is 63.5 Å². The highest BCUT2D eigenvalue weighted by atomic mass is 127. The second kappa shape index (κ2) is 12.0. The fraction of sp³-hybridized carbons (Fsp3) is 0.529. The zero-order valence-corrected chi connectivity index (χ0v) is 19.3. The number of halogens is 2. The molecule has 1 aliphatic rings. The summed E-state index contributed by atoms with van der Waals surface area (Å²) in [4.78, 5) is 16.3. The molecule has 0 spiro atoms. The maximum Gasteiger partial charge on any atom is 0.251 e. The quantitative estimate of drug-likeness (QED) is 0.224. The predicted octanol–water partition coefficient (Wildman–Crippen LogP) is 3.25. The number of aliphatic imine (C=N–C) groups is 1. The lowest BCUT2D eigenvalue weighted by Crippen LogP contribution is -2.45. The lowest BCUT2D eigenvalue weighted by Gasteiger charge is -2.17. The van der Waals surface area contributed by atoms with Crippen LogP contribution in [-0.2, 0) is 0 Å². The van der Waals surface area contributed by atoms with Crippen molar-refractivity contribution in [3.8, 4) is 0 Å². The predicted molar refractivity (Wildman–Crippen MR) is 121 cm³/mol. The summed E-state index contributed by atoms with van der Waals surface area (Å²) in [6.45, 7) is 1.19. The summed E-state index contributed by atoms with van der Waals surface area (Å²) >= 11 is 5.31. The Hall–Kier alpha value is -0.480. The molecule has 2 atom stereocenters. The topological polar surface area (TPSA) is 65.5 Å². The molecule has 0 aliphatic heterocycles. The van der Waals surface area contributed by atoms with E-state index in [4.69, 9.17) is 0 Å². The molecule has 0 bridgehead atoms. The first-order valence-corrected chi connectivity index (χ1v) is 10.2. The number of carbonyl (C=O) groups is 1. The van der Waals surface area contributed by atoms with E-state index in [1.54, 1.807) is 19.2 Å². The van der Waals surface area contributed by atoms with Crippen LogP contribution in [0.5, 0.6) is 0 Å². The van der Waals surface area contributed by atoms with Gasteiger partial charge < -0.3 is 16.0 Å². The minimum atomic E-state index is -0.0640. The van der Waals surface area contributed by atoms with Crippen molar-refractivity contribution in [2.75, 3.05) is 26.4 Å². The lowest BCUT2D eigenvalue weighted by molar-refractivity contribution is 0.0954. The molecule has 5 nitrogen and oxygen atoms in total. The number of benzene rings is 1. The van der Waals surface area contributed by atoms with Gasteiger partial charge in [-0.25, -0.2) is 0 Å². The fourth-order valence-corrected chi connectivity index (χ4v) is 3.79. The van der Waals surface area contributed by atoms with Crippen molar-refractivity contribution in [1.29, 1.82) is 0 Å². The van der Waals surface area contributed by atoms with Gasteiger partial charge in [-0.1, -0.05) is 15.9 Å². The van der Waals surface area contributed by atoms with E-state index in [-0.39, 0.29) is 29.9 Å². The van der Waals surface area contributed by atoms with Crippen molar-refractivity contribution in [2.45, 2.75) is 30.6 Å². The van der Waals surface area contributed by atoms with Crippen LogP contribution >= 0.6 is 51.7 Å². The summed E-state index contributed by atoms with van der Waals surface area (Å²) in [7, 11) is 1.77. The van der Waals surface area contributed by atoms with Gasteiger partial charge in [-0.3, -0.25) is 9.79 Å². The fourth-order valence-electron chi connectivity index (χ4n) is 2.73. The molecule has 0 heterocycles. The molecule has 1 aromatic rings. The highest BCUT2D eigenvalue weighted by molar-refractivity contribution is 14.0. The van der Waals surface area contributed by atoms with Crippen molar-refractivity contribution < 1.29 is 4.79 Å². The Kier molecular flexibility index (Phi) is 10.8. The largest absolute Gasteiger partial charge is 0.355 e. The molecule has 0 radical (unpaired) electrons. The van der Waals surface area contributed by atoms with Crippen molar-refractivity contribution in [3.63, 3.8) is 0 Å². The van der Waals surface area contributed by atoms with Gasteiger partial charge in [0.25, 0.3) is 5.91 Å². The maximum atomic E-state index is 12.0. The zero-order valence-electron chi connectivity index (χ0n) is 14.5. The summed E-state index contributed by atoms with van der Waals surface area (Å²) in [5.41, 5.74) is 0.662. The summed E-state index contributed by atoms with van der Waals surface area (Å²) in [6, 6.07) is 7.82. The van der Waals surface area contributed by atoms with Crippen molar-refractivity contribution in [1.82, 2.24) is 16.0 Å². The molecule has 1 fully saturated rings. The number of hydrogen-bond acceptors (Lipinski definition) is 3. The monoisotopic (exact) mass is 540 g/mol. The minimum absolute atomic E-state index is 0. The van der Waals surface area contributed by atoms with E-state index in [9.17, 15) is 4.79 Å². The molecule has 1 aliphatic carbocycles. The maximum absolute atomic E-state index is 12.0. The number of rotatable bonds is 6. The van der Waals surface area contributed by atoms with Crippen LogP contribution < -0.4 is 16.0 Å². The highest BCUT2D eigenvalue weighted by Crippen LogP contribution is 2.27. The van der Waals surface area contributed by atoms with Crippen molar-refractivity contribution in [3.05, 3.63) is 34.3 Å². The van der Waals surface area contributed by atoms with E-state index >= 15 is 0 Å². The molecule has 1 amide bonds. The van der Waals surface area contributed by atoms with E-state index in [1.807, 2.05) is 23.9 Å². The average Bonchev–Trinajstić information content (AvgIpc) is 3.05. The Labute approximate surface area is 179 Å². The molecule has 2 rings (SSSR count). The van der Waals surface area contributed by atoms with Gasteiger partial charge in [0.1, 0.15) is 0 Å². The number of nitrogens with one attached hydrogen (secondary N) is 3. The molecule has 1 aromatic carbocycles. The van der Waals surface area contributed by atoms with Gasteiger partial charge in [-0.05, 0) is 49.8 Å². The van der Waals surface area contributed by atoms with Crippen LogP contribution in [0.1, 0.15) is 29.6 Å².